The highest BCUT2D eigenvalue weighted by Gasteiger charge is 2.13. The van der Waals surface area contributed by atoms with Crippen molar-refractivity contribution >= 4 is 46.3 Å². The summed E-state index contributed by atoms with van der Waals surface area (Å²) in [5.41, 5.74) is 3.30. The van der Waals surface area contributed by atoms with Crippen LogP contribution in [0.15, 0.2) is 59.5 Å². The first-order valence-electron chi connectivity index (χ1n) is 8.15. The number of halogens is 2. The molecule has 0 fully saturated rings. The third-order valence-electron chi connectivity index (χ3n) is 4.19. The molecule has 0 bridgehead atoms. The fourth-order valence-corrected chi connectivity index (χ4v) is 3.33. The molecule has 6 heteroatoms. The molecule has 0 aliphatic heterocycles. The van der Waals surface area contributed by atoms with E-state index in [1.54, 1.807) is 31.9 Å². The van der Waals surface area contributed by atoms with Gasteiger partial charge in [-0.05, 0) is 29.8 Å². The minimum absolute atomic E-state index is 0.494. The van der Waals surface area contributed by atoms with Gasteiger partial charge < -0.3 is 9.15 Å². The van der Waals surface area contributed by atoms with Crippen LogP contribution < -0.4 is 4.74 Å². The Balaban J connectivity index is 1.84. The summed E-state index contributed by atoms with van der Waals surface area (Å²) >= 11 is 12.4. The summed E-state index contributed by atoms with van der Waals surface area (Å²) < 4.78 is 11.5. The van der Waals surface area contributed by atoms with Crippen molar-refractivity contribution in [1.82, 2.24) is 9.97 Å². The van der Waals surface area contributed by atoms with Crippen LogP contribution in [0.5, 0.6) is 5.75 Å². The van der Waals surface area contributed by atoms with E-state index >= 15 is 0 Å². The van der Waals surface area contributed by atoms with Crippen LogP contribution in [0.25, 0.3) is 34.4 Å². The lowest BCUT2D eigenvalue weighted by atomic mass is 10.1. The fourth-order valence-electron chi connectivity index (χ4n) is 2.84. The van der Waals surface area contributed by atoms with E-state index in [1.165, 1.54) is 0 Å². The maximum absolute atomic E-state index is 6.20. The highest BCUT2D eigenvalue weighted by atomic mass is 35.5. The lowest BCUT2D eigenvalue weighted by molar-refractivity contribution is 0.411. The van der Waals surface area contributed by atoms with E-state index in [1.807, 2.05) is 42.5 Å². The number of hydrogen-bond acceptors (Lipinski definition) is 4. The van der Waals surface area contributed by atoms with Crippen molar-refractivity contribution < 1.29 is 9.15 Å². The zero-order chi connectivity index (χ0) is 18.8. The van der Waals surface area contributed by atoms with Crippen LogP contribution in [0.3, 0.4) is 0 Å². The number of hydrogen-bond donors (Lipinski definition) is 0. The molecule has 4 aromatic rings. The largest absolute Gasteiger partial charge is 0.493 e. The lowest BCUT2D eigenvalue weighted by Gasteiger charge is -2.04. The highest BCUT2D eigenvalue weighted by Crippen LogP contribution is 2.36. The normalized spacial score (nSPS) is 11.4. The molecule has 0 spiro atoms. The number of fused-ring (bicyclic) bond motifs is 1. The summed E-state index contributed by atoms with van der Waals surface area (Å²) in [6.45, 7) is 0. The second-order valence-corrected chi connectivity index (χ2v) is 6.61. The number of nitrogens with zero attached hydrogens (tertiary/aromatic N) is 2. The summed E-state index contributed by atoms with van der Waals surface area (Å²) in [6.07, 6.45) is 10.4. The van der Waals surface area contributed by atoms with E-state index in [-0.39, 0.29) is 0 Å². The zero-order valence-corrected chi connectivity index (χ0v) is 15.8. The second-order valence-electron chi connectivity index (χ2n) is 5.80. The van der Waals surface area contributed by atoms with Gasteiger partial charge in [0, 0.05) is 41.3 Å². The topological polar surface area (TPSA) is 48.2 Å². The molecule has 4 rings (SSSR count). The summed E-state index contributed by atoms with van der Waals surface area (Å²) in [5.74, 6) is 1.41. The fraction of sp³-hybridized carbons (Fsp3) is 0.0476. The predicted octanol–water partition coefficient (Wildman–Crippen LogP) is 6.38. The third-order valence-corrected chi connectivity index (χ3v) is 4.79. The smallest absolute Gasteiger partial charge is 0.177 e. The van der Waals surface area contributed by atoms with Crippen LogP contribution in [0.2, 0.25) is 10.0 Å². The van der Waals surface area contributed by atoms with Gasteiger partial charge in [-0.1, -0.05) is 41.4 Å². The number of benzene rings is 1. The van der Waals surface area contributed by atoms with Crippen LogP contribution in [-0.2, 0) is 0 Å². The monoisotopic (exact) mass is 396 g/mol. The molecule has 0 radical (unpaired) electrons. The van der Waals surface area contributed by atoms with Gasteiger partial charge in [-0.3, -0.25) is 9.97 Å². The minimum Gasteiger partial charge on any atom is -0.493 e. The maximum Gasteiger partial charge on any atom is 0.177 e. The SMILES string of the molecule is COc1ccc(/C=C/c2c(Cl)cncc2Cl)c2cc(-c3ccncc3)oc12. The van der Waals surface area contributed by atoms with E-state index in [2.05, 4.69) is 9.97 Å². The molecule has 0 saturated carbocycles. The Labute approximate surface area is 166 Å². The summed E-state index contributed by atoms with van der Waals surface area (Å²) in [7, 11) is 1.62. The first-order valence-corrected chi connectivity index (χ1v) is 8.91. The molecule has 0 aliphatic carbocycles. The van der Waals surface area contributed by atoms with Crippen LogP contribution >= 0.6 is 23.2 Å². The van der Waals surface area contributed by atoms with E-state index in [0.29, 0.717) is 21.4 Å². The molecule has 0 saturated heterocycles. The van der Waals surface area contributed by atoms with E-state index in [9.17, 15) is 0 Å². The second kappa shape index (κ2) is 7.43. The molecule has 3 aromatic heterocycles. The van der Waals surface area contributed by atoms with Crippen LogP contribution in [0.4, 0.5) is 0 Å². The molecule has 0 unspecified atom stereocenters. The molecule has 0 aliphatic rings. The van der Waals surface area contributed by atoms with Gasteiger partial charge in [0.25, 0.3) is 0 Å². The number of pyridine rings is 2. The maximum atomic E-state index is 6.20. The highest BCUT2D eigenvalue weighted by molar-refractivity contribution is 6.37. The molecular weight excluding hydrogens is 383 g/mol. The molecule has 27 heavy (non-hydrogen) atoms. The van der Waals surface area contributed by atoms with Crippen LogP contribution in [0, 0.1) is 0 Å². The van der Waals surface area contributed by atoms with Gasteiger partial charge in [-0.2, -0.15) is 0 Å². The number of rotatable bonds is 4. The summed E-state index contributed by atoms with van der Waals surface area (Å²) in [6, 6.07) is 9.62. The quantitative estimate of drug-likeness (QED) is 0.401. The van der Waals surface area contributed by atoms with E-state index < -0.39 is 0 Å². The zero-order valence-electron chi connectivity index (χ0n) is 14.3. The first kappa shape index (κ1) is 17.6. The molecule has 1 aromatic carbocycles. The van der Waals surface area contributed by atoms with Gasteiger partial charge in [0.2, 0.25) is 0 Å². The summed E-state index contributed by atoms with van der Waals surface area (Å²) in [4.78, 5) is 8.02. The molecule has 4 nitrogen and oxygen atoms in total. The van der Waals surface area contributed by atoms with Crippen molar-refractivity contribution in [3.63, 3.8) is 0 Å². The van der Waals surface area contributed by atoms with Crippen molar-refractivity contribution in [3.8, 4) is 17.1 Å². The molecular formula is C21H14Cl2N2O2. The van der Waals surface area contributed by atoms with E-state index in [4.69, 9.17) is 32.4 Å². The van der Waals surface area contributed by atoms with Gasteiger partial charge in [-0.15, -0.1) is 0 Å². The molecule has 0 amide bonds. The number of furan rings is 1. The number of aromatic nitrogens is 2. The van der Waals surface area contributed by atoms with Crippen molar-refractivity contribution in [3.05, 3.63) is 76.3 Å². The average molecular weight is 397 g/mol. The molecule has 3 heterocycles. The average Bonchev–Trinajstić information content (AvgIpc) is 3.14. The molecule has 134 valence electrons. The van der Waals surface area contributed by atoms with Gasteiger partial charge in [0.1, 0.15) is 5.76 Å². The predicted molar refractivity (Wildman–Crippen MR) is 109 cm³/mol. The van der Waals surface area contributed by atoms with Gasteiger partial charge in [-0.25, -0.2) is 0 Å². The van der Waals surface area contributed by atoms with Crippen molar-refractivity contribution in [2.45, 2.75) is 0 Å². The van der Waals surface area contributed by atoms with Gasteiger partial charge in [0.05, 0.1) is 17.2 Å². The Hall–Kier alpha value is -2.82. The van der Waals surface area contributed by atoms with Gasteiger partial charge in [0.15, 0.2) is 11.3 Å². The van der Waals surface area contributed by atoms with Gasteiger partial charge >= 0.3 is 0 Å². The Kier molecular flexibility index (Phi) is 4.84. The van der Waals surface area contributed by atoms with Crippen molar-refractivity contribution in [1.29, 1.82) is 0 Å². The Bertz CT molecular complexity index is 1120. The molecule has 0 N–H and O–H groups in total. The Morgan fingerprint density at radius 1 is 0.963 bits per heavy atom. The Morgan fingerprint density at radius 3 is 2.41 bits per heavy atom. The number of methoxy groups -OCH3 is 1. The molecule has 0 atom stereocenters. The Morgan fingerprint density at radius 2 is 1.70 bits per heavy atom. The standard InChI is InChI=1S/C21H14Cl2N2O2/c1-26-19-5-3-13(2-4-15-17(22)11-25-12-18(15)23)16-10-20(27-21(16)19)14-6-8-24-9-7-14/h2-12H,1H3/b4-2+. The first-order chi connectivity index (χ1) is 13.2. The third kappa shape index (κ3) is 3.42. The van der Waals surface area contributed by atoms with Crippen molar-refractivity contribution in [2.75, 3.05) is 7.11 Å². The van der Waals surface area contributed by atoms with Crippen molar-refractivity contribution in [2.24, 2.45) is 0 Å². The van der Waals surface area contributed by atoms with E-state index in [0.717, 1.165) is 27.8 Å². The lowest BCUT2D eigenvalue weighted by Crippen LogP contribution is -1.84. The summed E-state index contributed by atoms with van der Waals surface area (Å²) in [5, 5.41) is 1.92. The van der Waals surface area contributed by atoms with Crippen LogP contribution in [0.1, 0.15) is 11.1 Å². The van der Waals surface area contributed by atoms with Crippen LogP contribution in [-0.4, -0.2) is 17.1 Å². The number of ether oxygens (including phenoxy) is 1. The minimum atomic E-state index is 0.494.